The third-order valence-electron chi connectivity index (χ3n) is 7.48. The summed E-state index contributed by atoms with van der Waals surface area (Å²) in [4.78, 5) is 2.46. The number of nitrogens with zero attached hydrogens (tertiary/aromatic N) is 1. The minimum absolute atomic E-state index is 0.00918. The molecule has 0 unspecified atom stereocenters. The van der Waals surface area contributed by atoms with Gasteiger partial charge in [-0.05, 0) is 16.7 Å². The van der Waals surface area contributed by atoms with E-state index < -0.39 is 6.29 Å². The molecule has 4 atom stereocenters. The Balaban J connectivity index is 1.34. The van der Waals surface area contributed by atoms with E-state index in [1.165, 1.54) is 0 Å². The van der Waals surface area contributed by atoms with E-state index in [-0.39, 0.29) is 30.5 Å². The van der Waals surface area contributed by atoms with E-state index >= 15 is 0 Å². The SMILES string of the molecule is C[C@H]1[C@@H](CN2CCC3(CC2)OCCO3)O[C@@H](c2ccc(CN)cc2)O[C@H]1c1ccc(CO)cc1. The molecule has 3 aliphatic heterocycles. The summed E-state index contributed by atoms with van der Waals surface area (Å²) in [6.07, 6.45) is 1.23. The number of benzene rings is 2. The highest BCUT2D eigenvalue weighted by Crippen LogP contribution is 2.42. The number of rotatable bonds is 6. The summed E-state index contributed by atoms with van der Waals surface area (Å²) in [7, 11) is 0. The molecule has 0 bridgehead atoms. The van der Waals surface area contributed by atoms with Gasteiger partial charge in [-0.2, -0.15) is 0 Å². The minimum Gasteiger partial charge on any atom is -0.392 e. The molecule has 34 heavy (non-hydrogen) atoms. The van der Waals surface area contributed by atoms with Crippen LogP contribution in [-0.4, -0.2) is 54.7 Å². The highest BCUT2D eigenvalue weighted by Gasteiger charge is 2.43. The van der Waals surface area contributed by atoms with Crippen LogP contribution in [0.2, 0.25) is 0 Å². The summed E-state index contributed by atoms with van der Waals surface area (Å²) in [5, 5.41) is 9.44. The van der Waals surface area contributed by atoms with Gasteiger partial charge in [0.05, 0.1) is 32.0 Å². The second kappa shape index (κ2) is 10.4. The molecule has 3 fully saturated rings. The summed E-state index contributed by atoms with van der Waals surface area (Å²) < 4.78 is 24.9. The van der Waals surface area contributed by atoms with Crippen molar-refractivity contribution in [3.8, 4) is 0 Å². The zero-order chi connectivity index (χ0) is 23.5. The Bertz CT molecular complexity index is 919. The van der Waals surface area contributed by atoms with Crippen molar-refractivity contribution in [1.82, 2.24) is 4.90 Å². The zero-order valence-electron chi connectivity index (χ0n) is 19.9. The third-order valence-corrected chi connectivity index (χ3v) is 7.48. The molecule has 184 valence electrons. The number of likely N-dealkylation sites (tertiary alicyclic amines) is 1. The largest absolute Gasteiger partial charge is 0.392 e. The Hall–Kier alpha value is -1.84. The highest BCUT2D eigenvalue weighted by molar-refractivity contribution is 5.27. The molecular weight excluding hydrogens is 432 g/mol. The molecule has 1 spiro atoms. The Kier molecular flexibility index (Phi) is 7.32. The van der Waals surface area contributed by atoms with E-state index in [0.29, 0.717) is 19.8 Å². The first-order valence-electron chi connectivity index (χ1n) is 12.4. The predicted octanol–water partition coefficient (Wildman–Crippen LogP) is 3.27. The molecule has 7 nitrogen and oxygen atoms in total. The molecule has 7 heteroatoms. The Labute approximate surface area is 201 Å². The number of hydrogen-bond acceptors (Lipinski definition) is 7. The Morgan fingerprint density at radius 1 is 0.912 bits per heavy atom. The molecule has 3 aliphatic rings. The van der Waals surface area contributed by atoms with Gasteiger partial charge in [-0.1, -0.05) is 55.5 Å². The topological polar surface area (TPSA) is 86.4 Å². The van der Waals surface area contributed by atoms with Crippen LogP contribution in [0.25, 0.3) is 0 Å². The van der Waals surface area contributed by atoms with E-state index in [0.717, 1.165) is 54.7 Å². The van der Waals surface area contributed by atoms with Gasteiger partial charge in [-0.25, -0.2) is 0 Å². The van der Waals surface area contributed by atoms with Gasteiger partial charge >= 0.3 is 0 Å². The molecule has 5 rings (SSSR count). The lowest BCUT2D eigenvalue weighted by Gasteiger charge is -2.44. The minimum atomic E-state index is -0.451. The van der Waals surface area contributed by atoms with Crippen LogP contribution in [0, 0.1) is 5.92 Å². The van der Waals surface area contributed by atoms with Crippen LogP contribution in [0.15, 0.2) is 48.5 Å². The van der Waals surface area contributed by atoms with E-state index in [9.17, 15) is 5.11 Å². The quantitative estimate of drug-likeness (QED) is 0.673. The predicted molar refractivity (Wildman–Crippen MR) is 128 cm³/mol. The van der Waals surface area contributed by atoms with E-state index in [2.05, 4.69) is 24.0 Å². The fourth-order valence-electron chi connectivity index (χ4n) is 5.26. The number of nitrogens with two attached hydrogens (primary N) is 1. The van der Waals surface area contributed by atoms with Crippen molar-refractivity contribution in [3.05, 3.63) is 70.8 Å². The number of ether oxygens (including phenoxy) is 4. The van der Waals surface area contributed by atoms with Crippen molar-refractivity contribution in [3.63, 3.8) is 0 Å². The van der Waals surface area contributed by atoms with Crippen LogP contribution in [0.5, 0.6) is 0 Å². The molecule has 0 aromatic heterocycles. The molecule has 0 saturated carbocycles. The van der Waals surface area contributed by atoms with Gasteiger partial charge in [-0.15, -0.1) is 0 Å². The molecular formula is C27H36N2O5. The molecule has 3 heterocycles. The smallest absolute Gasteiger partial charge is 0.184 e. The average molecular weight is 469 g/mol. The van der Waals surface area contributed by atoms with Crippen LogP contribution in [0.1, 0.15) is 54.4 Å². The van der Waals surface area contributed by atoms with E-state index in [1.807, 2.05) is 36.4 Å². The maximum Gasteiger partial charge on any atom is 0.184 e. The number of hydrogen-bond donors (Lipinski definition) is 2. The van der Waals surface area contributed by atoms with E-state index in [1.54, 1.807) is 0 Å². The summed E-state index contributed by atoms with van der Waals surface area (Å²) in [6, 6.07) is 16.2. The maximum atomic E-state index is 9.44. The lowest BCUT2D eigenvalue weighted by molar-refractivity contribution is -0.278. The molecule has 0 radical (unpaired) electrons. The number of aliphatic hydroxyl groups excluding tert-OH is 1. The van der Waals surface area contributed by atoms with Crippen molar-refractivity contribution < 1.29 is 24.1 Å². The normalized spacial score (nSPS) is 29.5. The van der Waals surface area contributed by atoms with Crippen molar-refractivity contribution in [2.24, 2.45) is 11.7 Å². The van der Waals surface area contributed by atoms with Gasteiger partial charge < -0.3 is 34.7 Å². The number of piperidine rings is 1. The van der Waals surface area contributed by atoms with Gasteiger partial charge in [-0.3, -0.25) is 0 Å². The van der Waals surface area contributed by atoms with Gasteiger partial charge in [0.2, 0.25) is 0 Å². The first-order chi connectivity index (χ1) is 16.6. The average Bonchev–Trinajstić information content (AvgIpc) is 3.35. The lowest BCUT2D eigenvalue weighted by Crippen LogP contribution is -2.50. The number of aliphatic hydroxyl groups is 1. The summed E-state index contributed by atoms with van der Waals surface area (Å²) >= 11 is 0. The van der Waals surface area contributed by atoms with Crippen LogP contribution in [0.3, 0.4) is 0 Å². The summed E-state index contributed by atoms with van der Waals surface area (Å²) in [5.41, 5.74) is 9.86. The highest BCUT2D eigenvalue weighted by atomic mass is 16.7. The molecule has 2 aromatic rings. The maximum absolute atomic E-state index is 9.44. The van der Waals surface area contributed by atoms with Gasteiger partial charge in [0.15, 0.2) is 12.1 Å². The monoisotopic (exact) mass is 468 g/mol. The fourth-order valence-corrected chi connectivity index (χ4v) is 5.26. The first kappa shape index (κ1) is 23.9. The van der Waals surface area contributed by atoms with Crippen LogP contribution < -0.4 is 5.73 Å². The van der Waals surface area contributed by atoms with Gasteiger partial charge in [0, 0.05) is 50.5 Å². The van der Waals surface area contributed by atoms with Crippen LogP contribution >= 0.6 is 0 Å². The second-order valence-corrected chi connectivity index (χ2v) is 9.68. The van der Waals surface area contributed by atoms with E-state index in [4.69, 9.17) is 24.7 Å². The van der Waals surface area contributed by atoms with Crippen molar-refractivity contribution in [1.29, 1.82) is 0 Å². The van der Waals surface area contributed by atoms with Gasteiger partial charge in [0.25, 0.3) is 0 Å². The van der Waals surface area contributed by atoms with Crippen molar-refractivity contribution >= 4 is 0 Å². The molecule has 0 aliphatic carbocycles. The van der Waals surface area contributed by atoms with Crippen molar-refractivity contribution in [2.45, 2.75) is 57.2 Å². The van der Waals surface area contributed by atoms with Crippen molar-refractivity contribution in [2.75, 3.05) is 32.8 Å². The molecule has 3 N–H and O–H groups in total. The molecule has 2 aromatic carbocycles. The third kappa shape index (κ3) is 5.06. The Morgan fingerprint density at radius 3 is 2.15 bits per heavy atom. The first-order valence-corrected chi connectivity index (χ1v) is 12.4. The summed E-state index contributed by atoms with van der Waals surface area (Å²) in [5.74, 6) is -0.211. The summed E-state index contributed by atoms with van der Waals surface area (Å²) in [6.45, 7) is 6.84. The second-order valence-electron chi connectivity index (χ2n) is 9.68. The van der Waals surface area contributed by atoms with Crippen LogP contribution in [0.4, 0.5) is 0 Å². The molecule has 0 amide bonds. The van der Waals surface area contributed by atoms with Crippen LogP contribution in [-0.2, 0) is 32.1 Å². The zero-order valence-corrected chi connectivity index (χ0v) is 19.9. The van der Waals surface area contributed by atoms with Gasteiger partial charge in [0.1, 0.15) is 0 Å². The standard InChI is InChI=1S/C27H36N2O5/c1-19-24(17-29-12-10-27(11-13-29)31-14-15-32-27)33-26(23-8-2-20(16-28)3-9-23)34-25(19)22-6-4-21(18-30)5-7-22/h2-9,19,24-26,30H,10-18,28H2,1H3/t19-,24+,25+,26+/m0/s1. The molecule has 3 saturated heterocycles. The lowest BCUT2D eigenvalue weighted by atomic mass is 9.89. The Morgan fingerprint density at radius 2 is 1.53 bits per heavy atom. The fraction of sp³-hybridized carbons (Fsp3) is 0.556.